The molecule has 116 valence electrons. The lowest BCUT2D eigenvalue weighted by atomic mass is 9.88. The Bertz CT molecular complexity index is 461. The topological polar surface area (TPSA) is 23.5 Å². The zero-order valence-corrected chi connectivity index (χ0v) is 14.4. The van der Waals surface area contributed by atoms with Crippen LogP contribution in [0.15, 0.2) is 28.7 Å². The van der Waals surface area contributed by atoms with Crippen molar-refractivity contribution in [3.05, 3.63) is 34.3 Å². The van der Waals surface area contributed by atoms with E-state index in [0.717, 1.165) is 40.8 Å². The zero-order chi connectivity index (χ0) is 14.8. The molecule has 0 aromatic heterocycles. The molecular formula is C18H26BrNO. The van der Waals surface area contributed by atoms with Crippen molar-refractivity contribution in [3.63, 3.8) is 0 Å². The number of aliphatic hydroxyl groups excluding tert-OH is 1. The lowest BCUT2D eigenvalue weighted by Crippen LogP contribution is -2.30. The number of benzene rings is 1. The third kappa shape index (κ3) is 3.88. The molecule has 2 aliphatic rings. The first-order valence-electron chi connectivity index (χ1n) is 8.24. The van der Waals surface area contributed by atoms with Gasteiger partial charge >= 0.3 is 0 Å². The van der Waals surface area contributed by atoms with E-state index >= 15 is 0 Å². The van der Waals surface area contributed by atoms with Crippen LogP contribution in [-0.4, -0.2) is 30.1 Å². The molecule has 0 saturated heterocycles. The fourth-order valence-electron chi connectivity index (χ4n) is 4.29. The van der Waals surface area contributed by atoms with Gasteiger partial charge in [0.05, 0.1) is 6.10 Å². The number of halogens is 1. The third-order valence-electron chi connectivity index (χ3n) is 5.47. The number of fused-ring (bicyclic) bond motifs is 2. The molecule has 3 heteroatoms. The van der Waals surface area contributed by atoms with Crippen LogP contribution in [0, 0.1) is 17.8 Å². The summed E-state index contributed by atoms with van der Waals surface area (Å²) in [6.45, 7) is 2.19. The Hall–Kier alpha value is -0.380. The van der Waals surface area contributed by atoms with E-state index in [9.17, 15) is 5.11 Å². The second-order valence-electron chi connectivity index (χ2n) is 7.05. The summed E-state index contributed by atoms with van der Waals surface area (Å²) >= 11 is 3.43. The molecule has 2 saturated carbocycles. The molecule has 0 heterocycles. The number of aliphatic hydroxyl groups is 1. The molecule has 0 spiro atoms. The largest absolute Gasteiger partial charge is 0.388 e. The molecule has 4 atom stereocenters. The first-order chi connectivity index (χ1) is 10.1. The van der Waals surface area contributed by atoms with E-state index in [1.165, 1.54) is 32.2 Å². The van der Waals surface area contributed by atoms with Crippen molar-refractivity contribution in [2.75, 3.05) is 20.1 Å². The second-order valence-corrected chi connectivity index (χ2v) is 7.97. The standard InChI is InChI=1S/C18H26BrNO/c1-20(12-16-11-13-2-3-15(16)10-13)9-8-18(21)14-4-6-17(19)7-5-14/h4-7,13,15-16,18,21H,2-3,8-12H2,1H3. The minimum absolute atomic E-state index is 0.347. The smallest absolute Gasteiger partial charge is 0.0802 e. The number of nitrogens with zero attached hydrogens (tertiary/aromatic N) is 1. The van der Waals surface area contributed by atoms with Crippen LogP contribution in [0.5, 0.6) is 0 Å². The van der Waals surface area contributed by atoms with Crippen molar-refractivity contribution in [2.24, 2.45) is 17.8 Å². The Morgan fingerprint density at radius 1 is 1.24 bits per heavy atom. The minimum atomic E-state index is -0.347. The van der Waals surface area contributed by atoms with E-state index in [0.29, 0.717) is 0 Å². The monoisotopic (exact) mass is 351 g/mol. The highest BCUT2D eigenvalue weighted by atomic mass is 79.9. The van der Waals surface area contributed by atoms with Crippen LogP contribution in [0.25, 0.3) is 0 Å². The molecule has 1 N–H and O–H groups in total. The van der Waals surface area contributed by atoms with Gasteiger partial charge in [0.25, 0.3) is 0 Å². The van der Waals surface area contributed by atoms with Crippen LogP contribution in [0.4, 0.5) is 0 Å². The molecule has 1 aromatic rings. The Balaban J connectivity index is 1.43. The second kappa shape index (κ2) is 6.80. The molecule has 1 aromatic carbocycles. The molecule has 2 bridgehead atoms. The highest BCUT2D eigenvalue weighted by Crippen LogP contribution is 2.48. The average molecular weight is 352 g/mol. The minimum Gasteiger partial charge on any atom is -0.388 e. The van der Waals surface area contributed by atoms with Gasteiger partial charge in [0.2, 0.25) is 0 Å². The maximum Gasteiger partial charge on any atom is 0.0802 e. The first kappa shape index (κ1) is 15.5. The molecule has 0 radical (unpaired) electrons. The SMILES string of the molecule is CN(CCC(O)c1ccc(Br)cc1)CC1CC2CCC1C2. The van der Waals surface area contributed by atoms with Crippen LogP contribution in [0.2, 0.25) is 0 Å². The van der Waals surface area contributed by atoms with Gasteiger partial charge in [0.1, 0.15) is 0 Å². The van der Waals surface area contributed by atoms with Gasteiger partial charge < -0.3 is 10.0 Å². The molecule has 2 fully saturated rings. The summed E-state index contributed by atoms with van der Waals surface area (Å²) in [6, 6.07) is 8.00. The Morgan fingerprint density at radius 2 is 2.00 bits per heavy atom. The molecule has 0 aliphatic heterocycles. The summed E-state index contributed by atoms with van der Waals surface area (Å²) in [7, 11) is 2.21. The van der Waals surface area contributed by atoms with Crippen LogP contribution in [0.1, 0.15) is 43.8 Å². The quantitative estimate of drug-likeness (QED) is 0.828. The average Bonchev–Trinajstić information content (AvgIpc) is 3.08. The summed E-state index contributed by atoms with van der Waals surface area (Å²) in [5.74, 6) is 2.94. The fraction of sp³-hybridized carbons (Fsp3) is 0.667. The highest BCUT2D eigenvalue weighted by Gasteiger charge is 2.39. The van der Waals surface area contributed by atoms with E-state index in [1.54, 1.807) is 0 Å². The zero-order valence-electron chi connectivity index (χ0n) is 12.8. The van der Waals surface area contributed by atoms with E-state index in [1.807, 2.05) is 24.3 Å². The van der Waals surface area contributed by atoms with Gasteiger partial charge in [0.15, 0.2) is 0 Å². The summed E-state index contributed by atoms with van der Waals surface area (Å²) < 4.78 is 1.06. The van der Waals surface area contributed by atoms with E-state index < -0.39 is 0 Å². The lowest BCUT2D eigenvalue weighted by molar-refractivity contribution is 0.138. The Morgan fingerprint density at radius 3 is 2.62 bits per heavy atom. The van der Waals surface area contributed by atoms with Crippen molar-refractivity contribution in [2.45, 2.75) is 38.2 Å². The van der Waals surface area contributed by atoms with E-state index in [-0.39, 0.29) is 6.10 Å². The van der Waals surface area contributed by atoms with Gasteiger partial charge in [-0.3, -0.25) is 0 Å². The maximum absolute atomic E-state index is 10.3. The molecule has 21 heavy (non-hydrogen) atoms. The summed E-state index contributed by atoms with van der Waals surface area (Å²) in [4.78, 5) is 2.42. The predicted molar refractivity (Wildman–Crippen MR) is 90.2 cm³/mol. The third-order valence-corrected chi connectivity index (χ3v) is 6.00. The summed E-state index contributed by atoms with van der Waals surface area (Å²) in [6.07, 6.45) is 6.35. The number of hydrogen-bond donors (Lipinski definition) is 1. The van der Waals surface area contributed by atoms with Gasteiger partial charge in [-0.15, -0.1) is 0 Å². The Kier molecular flexibility index (Phi) is 5.03. The highest BCUT2D eigenvalue weighted by molar-refractivity contribution is 9.10. The summed E-state index contributed by atoms with van der Waals surface area (Å²) in [5, 5.41) is 10.3. The van der Waals surface area contributed by atoms with Crippen LogP contribution in [0.3, 0.4) is 0 Å². The van der Waals surface area contributed by atoms with Crippen molar-refractivity contribution in [1.29, 1.82) is 0 Å². The van der Waals surface area contributed by atoms with Gasteiger partial charge in [-0.2, -0.15) is 0 Å². The number of hydrogen-bond acceptors (Lipinski definition) is 2. The van der Waals surface area contributed by atoms with Crippen molar-refractivity contribution < 1.29 is 5.11 Å². The molecule has 3 rings (SSSR count). The van der Waals surface area contributed by atoms with Crippen molar-refractivity contribution >= 4 is 15.9 Å². The lowest BCUT2D eigenvalue weighted by Gasteiger charge is -2.27. The van der Waals surface area contributed by atoms with Gasteiger partial charge in [0, 0.05) is 17.6 Å². The van der Waals surface area contributed by atoms with Crippen LogP contribution in [-0.2, 0) is 0 Å². The van der Waals surface area contributed by atoms with Crippen molar-refractivity contribution in [3.8, 4) is 0 Å². The molecule has 2 nitrogen and oxygen atoms in total. The molecule has 4 unspecified atom stereocenters. The molecule has 0 amide bonds. The summed E-state index contributed by atoms with van der Waals surface area (Å²) in [5.41, 5.74) is 1.02. The Labute approximate surface area is 136 Å². The van der Waals surface area contributed by atoms with E-state index in [4.69, 9.17) is 0 Å². The van der Waals surface area contributed by atoms with E-state index in [2.05, 4.69) is 27.9 Å². The van der Waals surface area contributed by atoms with Gasteiger partial charge in [-0.05, 0) is 68.2 Å². The van der Waals surface area contributed by atoms with Crippen LogP contribution < -0.4 is 0 Å². The first-order valence-corrected chi connectivity index (χ1v) is 9.03. The number of rotatable bonds is 6. The molecular weight excluding hydrogens is 326 g/mol. The maximum atomic E-state index is 10.3. The normalized spacial score (nSPS) is 29.2. The van der Waals surface area contributed by atoms with Crippen molar-refractivity contribution in [1.82, 2.24) is 4.90 Å². The van der Waals surface area contributed by atoms with Gasteiger partial charge in [-0.1, -0.05) is 34.5 Å². The van der Waals surface area contributed by atoms with Crippen LogP contribution >= 0.6 is 15.9 Å². The molecule has 2 aliphatic carbocycles. The predicted octanol–water partition coefficient (Wildman–Crippen LogP) is 4.24. The van der Waals surface area contributed by atoms with Gasteiger partial charge in [-0.25, -0.2) is 0 Å². The fourth-order valence-corrected chi connectivity index (χ4v) is 4.55.